The largest absolute Gasteiger partial charge is 0.479 e. The van der Waals surface area contributed by atoms with Gasteiger partial charge in [-0.1, -0.05) is 60.1 Å². The smallest absolute Gasteiger partial charge is 0.336 e. The van der Waals surface area contributed by atoms with E-state index in [0.29, 0.717) is 16.4 Å². The molecule has 0 aromatic heterocycles. The zero-order valence-corrected chi connectivity index (χ0v) is 16.6. The van der Waals surface area contributed by atoms with E-state index < -0.39 is 29.9 Å². The van der Waals surface area contributed by atoms with Gasteiger partial charge in [-0.3, -0.25) is 9.63 Å². The molecule has 1 aliphatic rings. The van der Waals surface area contributed by atoms with Crippen LogP contribution in [0.5, 0.6) is 0 Å². The molecule has 1 fully saturated rings. The third kappa shape index (κ3) is 4.01. The van der Waals surface area contributed by atoms with E-state index in [1.165, 1.54) is 5.06 Å². The Balaban J connectivity index is 1.74. The van der Waals surface area contributed by atoms with Gasteiger partial charge < -0.3 is 10.4 Å². The van der Waals surface area contributed by atoms with Crippen LogP contribution in [0.25, 0.3) is 0 Å². The number of nitrogens with zero attached hydrogens (tertiary/aromatic N) is 1. The van der Waals surface area contributed by atoms with Gasteiger partial charge in [-0.25, -0.2) is 9.86 Å². The molecule has 1 heterocycles. The van der Waals surface area contributed by atoms with Crippen molar-refractivity contribution in [2.24, 2.45) is 5.92 Å². The minimum atomic E-state index is -1.34. The van der Waals surface area contributed by atoms with Crippen LogP contribution in [0.3, 0.4) is 0 Å². The molecule has 152 valence electrons. The van der Waals surface area contributed by atoms with E-state index in [0.717, 1.165) is 5.56 Å². The molecule has 30 heavy (non-hydrogen) atoms. The van der Waals surface area contributed by atoms with E-state index in [1.807, 2.05) is 60.7 Å². The topological polar surface area (TPSA) is 78.9 Å². The van der Waals surface area contributed by atoms with Crippen LogP contribution < -0.4 is 10.4 Å². The fourth-order valence-corrected chi connectivity index (χ4v) is 3.72. The van der Waals surface area contributed by atoms with E-state index in [1.54, 1.807) is 24.3 Å². The molecule has 0 aliphatic carbocycles. The number of hydrogen-bond donors (Lipinski definition) is 2. The van der Waals surface area contributed by atoms with Gasteiger partial charge in [0.2, 0.25) is 5.91 Å². The predicted molar refractivity (Wildman–Crippen MR) is 114 cm³/mol. The Bertz CT molecular complexity index is 1030. The maximum atomic E-state index is 13.3. The van der Waals surface area contributed by atoms with Crippen molar-refractivity contribution in [1.82, 2.24) is 0 Å². The number of benzene rings is 3. The van der Waals surface area contributed by atoms with Gasteiger partial charge in [-0.2, -0.15) is 0 Å². The lowest BCUT2D eigenvalue weighted by molar-refractivity contribution is -0.151. The molecule has 0 saturated carbocycles. The van der Waals surface area contributed by atoms with Crippen LogP contribution in [-0.2, 0) is 14.4 Å². The van der Waals surface area contributed by atoms with Crippen molar-refractivity contribution >= 4 is 34.9 Å². The Morgan fingerprint density at radius 1 is 0.900 bits per heavy atom. The monoisotopic (exact) mass is 422 g/mol. The van der Waals surface area contributed by atoms with Crippen LogP contribution in [-0.4, -0.2) is 23.1 Å². The highest BCUT2D eigenvalue weighted by atomic mass is 35.5. The summed E-state index contributed by atoms with van der Waals surface area (Å²) < 4.78 is 0. The number of halogens is 1. The first-order valence-electron chi connectivity index (χ1n) is 9.40. The van der Waals surface area contributed by atoms with Gasteiger partial charge in [-0.15, -0.1) is 0 Å². The van der Waals surface area contributed by atoms with Gasteiger partial charge in [0.05, 0.1) is 11.7 Å². The quantitative estimate of drug-likeness (QED) is 0.631. The van der Waals surface area contributed by atoms with Gasteiger partial charge in [0.15, 0.2) is 6.10 Å². The van der Waals surface area contributed by atoms with Gasteiger partial charge in [-0.05, 0) is 42.0 Å². The molecule has 0 spiro atoms. The second-order valence-corrected chi connectivity index (χ2v) is 7.34. The summed E-state index contributed by atoms with van der Waals surface area (Å²) in [5.41, 5.74) is 1.97. The van der Waals surface area contributed by atoms with Gasteiger partial charge >= 0.3 is 5.97 Å². The molecule has 1 saturated heterocycles. The lowest BCUT2D eigenvalue weighted by Gasteiger charge is -2.27. The van der Waals surface area contributed by atoms with E-state index in [-0.39, 0.29) is 0 Å². The van der Waals surface area contributed by atoms with Crippen molar-refractivity contribution in [3.63, 3.8) is 0 Å². The summed E-state index contributed by atoms with van der Waals surface area (Å²) in [6, 6.07) is 24.4. The van der Waals surface area contributed by atoms with Crippen molar-refractivity contribution < 1.29 is 19.5 Å². The zero-order valence-electron chi connectivity index (χ0n) is 15.8. The molecule has 3 aromatic carbocycles. The number of nitrogens with one attached hydrogen (secondary N) is 1. The van der Waals surface area contributed by atoms with Crippen LogP contribution in [0.4, 0.5) is 11.4 Å². The Kier molecular flexibility index (Phi) is 5.70. The minimum Gasteiger partial charge on any atom is -0.479 e. The standard InChI is InChI=1S/C23H19ClN2O4/c24-16-11-13-17(14-12-16)25-22(27)19-20(15-7-3-1-4-8-15)26(30-21(19)23(28)29)18-9-5-2-6-10-18/h1-14,19-21H,(H,25,27)(H,28,29). The number of hydroxylamine groups is 1. The second-order valence-electron chi connectivity index (χ2n) is 6.90. The molecule has 7 heteroatoms. The Hall–Kier alpha value is -3.35. The van der Waals surface area contributed by atoms with Crippen molar-refractivity contribution in [1.29, 1.82) is 0 Å². The van der Waals surface area contributed by atoms with Crippen LogP contribution in [0.1, 0.15) is 11.6 Å². The molecule has 3 aromatic rings. The summed E-state index contributed by atoms with van der Waals surface area (Å²) in [5.74, 6) is -2.64. The first kappa shape index (κ1) is 19.9. The first-order chi connectivity index (χ1) is 14.5. The van der Waals surface area contributed by atoms with E-state index in [4.69, 9.17) is 16.4 Å². The number of carbonyl (C=O) groups excluding carboxylic acids is 1. The molecule has 6 nitrogen and oxygen atoms in total. The number of aliphatic carboxylic acids is 1. The van der Waals surface area contributed by atoms with Gasteiger partial charge in [0, 0.05) is 10.7 Å². The Morgan fingerprint density at radius 2 is 1.50 bits per heavy atom. The van der Waals surface area contributed by atoms with Gasteiger partial charge in [0.25, 0.3) is 0 Å². The maximum Gasteiger partial charge on any atom is 0.336 e. The van der Waals surface area contributed by atoms with Crippen molar-refractivity contribution in [2.75, 3.05) is 10.4 Å². The number of carboxylic acid groups (broad SMARTS) is 1. The highest BCUT2D eigenvalue weighted by molar-refractivity contribution is 6.30. The van der Waals surface area contributed by atoms with E-state index in [9.17, 15) is 14.7 Å². The van der Waals surface area contributed by atoms with Crippen LogP contribution in [0.15, 0.2) is 84.9 Å². The number of carboxylic acids is 1. The SMILES string of the molecule is O=C(O)C1ON(c2ccccc2)C(c2ccccc2)C1C(=O)Nc1ccc(Cl)cc1. The second kappa shape index (κ2) is 8.57. The summed E-state index contributed by atoms with van der Waals surface area (Å²) in [5, 5.41) is 14.7. The maximum absolute atomic E-state index is 13.3. The fraction of sp³-hybridized carbons (Fsp3) is 0.130. The number of anilines is 2. The molecular formula is C23H19ClN2O4. The molecule has 2 N–H and O–H groups in total. The normalized spacial score (nSPS) is 20.7. The third-order valence-electron chi connectivity index (χ3n) is 4.96. The molecule has 0 radical (unpaired) electrons. The van der Waals surface area contributed by atoms with Crippen molar-refractivity contribution in [3.05, 3.63) is 95.5 Å². The number of amides is 1. The summed E-state index contributed by atoms with van der Waals surface area (Å²) in [6.07, 6.45) is -1.34. The highest BCUT2D eigenvalue weighted by Crippen LogP contribution is 2.43. The molecule has 1 aliphatic heterocycles. The number of hydrogen-bond acceptors (Lipinski definition) is 4. The number of para-hydroxylation sites is 1. The summed E-state index contributed by atoms with van der Waals surface area (Å²) in [6.45, 7) is 0. The van der Waals surface area contributed by atoms with Crippen LogP contribution in [0.2, 0.25) is 5.02 Å². The summed E-state index contributed by atoms with van der Waals surface area (Å²) >= 11 is 5.91. The molecule has 4 rings (SSSR count). The summed E-state index contributed by atoms with van der Waals surface area (Å²) in [4.78, 5) is 31.1. The lowest BCUT2D eigenvalue weighted by Crippen LogP contribution is -2.37. The van der Waals surface area contributed by atoms with Gasteiger partial charge in [0.1, 0.15) is 5.92 Å². The summed E-state index contributed by atoms with van der Waals surface area (Å²) in [7, 11) is 0. The molecule has 3 atom stereocenters. The number of carbonyl (C=O) groups is 2. The molecule has 3 unspecified atom stereocenters. The fourth-order valence-electron chi connectivity index (χ4n) is 3.59. The zero-order chi connectivity index (χ0) is 21.1. The minimum absolute atomic E-state index is 0.447. The van der Waals surface area contributed by atoms with Crippen LogP contribution >= 0.6 is 11.6 Å². The van der Waals surface area contributed by atoms with E-state index >= 15 is 0 Å². The third-order valence-corrected chi connectivity index (χ3v) is 5.21. The Labute approximate surface area is 178 Å². The molecule has 1 amide bonds. The molecule has 0 bridgehead atoms. The molecular weight excluding hydrogens is 404 g/mol. The van der Waals surface area contributed by atoms with E-state index in [2.05, 4.69) is 5.32 Å². The Morgan fingerprint density at radius 3 is 2.10 bits per heavy atom. The highest BCUT2D eigenvalue weighted by Gasteiger charge is 2.52. The average molecular weight is 423 g/mol. The van der Waals surface area contributed by atoms with Crippen LogP contribution in [0, 0.1) is 5.92 Å². The first-order valence-corrected chi connectivity index (χ1v) is 9.77. The van der Waals surface area contributed by atoms with Crippen molar-refractivity contribution in [3.8, 4) is 0 Å². The number of rotatable bonds is 5. The lowest BCUT2D eigenvalue weighted by atomic mass is 9.88. The predicted octanol–water partition coefficient (Wildman–Crippen LogP) is 4.54. The average Bonchev–Trinajstić information content (AvgIpc) is 3.18. The van der Waals surface area contributed by atoms with Crippen molar-refractivity contribution in [2.45, 2.75) is 12.1 Å².